The van der Waals surface area contributed by atoms with Gasteiger partial charge in [0.15, 0.2) is 6.29 Å². The molecule has 2 aromatic heterocycles. The highest BCUT2D eigenvalue weighted by Gasteiger charge is 2.20. The number of benzene rings is 2. The molecule has 0 saturated heterocycles. The quantitative estimate of drug-likeness (QED) is 0.518. The number of carbonyl (C=O) groups is 1. The molecule has 2 aromatic carbocycles. The summed E-state index contributed by atoms with van der Waals surface area (Å²) in [6.07, 6.45) is 3.01. The topological polar surface area (TPSA) is 48.6 Å². The molecule has 0 radical (unpaired) electrons. The number of hydrogen-bond donors (Lipinski definition) is 2. The number of aromatic amines is 2. The Morgan fingerprint density at radius 2 is 1.87 bits per heavy atom. The van der Waals surface area contributed by atoms with Gasteiger partial charge in [0.2, 0.25) is 0 Å². The lowest BCUT2D eigenvalue weighted by atomic mass is 9.94. The third kappa shape index (κ3) is 2.08. The van der Waals surface area contributed by atoms with E-state index in [0.29, 0.717) is 0 Å². The molecule has 0 aliphatic rings. The molecule has 0 amide bonds. The second kappa shape index (κ2) is 5.13. The Balaban J connectivity index is 1.93. The minimum atomic E-state index is 0.110. The van der Waals surface area contributed by atoms with E-state index in [-0.39, 0.29) is 5.92 Å². The van der Waals surface area contributed by atoms with E-state index in [1.165, 1.54) is 10.9 Å². The van der Waals surface area contributed by atoms with E-state index in [1.54, 1.807) is 0 Å². The lowest BCUT2D eigenvalue weighted by Gasteiger charge is -2.10. The number of nitrogens with one attached hydrogen (secondary N) is 2. The number of aryl methyl sites for hydroxylation is 1. The zero-order valence-electron chi connectivity index (χ0n) is 13.2. The molecule has 2 heterocycles. The highest BCUT2D eigenvalue weighted by atomic mass is 16.1. The smallest absolute Gasteiger partial charge is 0.152 e. The summed E-state index contributed by atoms with van der Waals surface area (Å²) in [6, 6.07) is 14.4. The molecular formula is C20H18N2O. The zero-order valence-corrected chi connectivity index (χ0v) is 13.2. The summed E-state index contributed by atoms with van der Waals surface area (Å²) in [4.78, 5) is 18.5. The molecule has 0 aliphatic heterocycles. The Kier molecular flexibility index (Phi) is 3.08. The lowest BCUT2D eigenvalue weighted by Crippen LogP contribution is -1.99. The van der Waals surface area contributed by atoms with Crippen molar-refractivity contribution in [2.75, 3.05) is 0 Å². The van der Waals surface area contributed by atoms with Crippen LogP contribution in [0.5, 0.6) is 0 Å². The van der Waals surface area contributed by atoms with Crippen LogP contribution >= 0.6 is 0 Å². The molecule has 0 fully saturated rings. The Labute approximate surface area is 134 Å². The van der Waals surface area contributed by atoms with Gasteiger partial charge >= 0.3 is 0 Å². The Bertz CT molecular complexity index is 1020. The average Bonchev–Trinajstić information content (AvgIpc) is 3.15. The average molecular weight is 302 g/mol. The van der Waals surface area contributed by atoms with E-state index < -0.39 is 0 Å². The van der Waals surface area contributed by atoms with E-state index in [0.717, 1.165) is 39.5 Å². The van der Waals surface area contributed by atoms with Crippen molar-refractivity contribution < 1.29 is 4.79 Å². The highest BCUT2D eigenvalue weighted by molar-refractivity contribution is 6.00. The van der Waals surface area contributed by atoms with Crippen molar-refractivity contribution in [1.82, 2.24) is 9.97 Å². The maximum Gasteiger partial charge on any atom is 0.152 e. The second-order valence-corrected chi connectivity index (χ2v) is 6.13. The molecule has 3 nitrogen and oxygen atoms in total. The standard InChI is InChI=1S/C20H18N2O/c1-12-7-8-19-15(9-12)17(11-23)20(22-19)13(2)16-10-21-18-6-4-3-5-14(16)18/h3-11,13,21-22H,1-2H3. The Hall–Kier alpha value is -2.81. The van der Waals surface area contributed by atoms with E-state index in [4.69, 9.17) is 0 Å². The zero-order chi connectivity index (χ0) is 16.0. The molecule has 0 aliphatic carbocycles. The van der Waals surface area contributed by atoms with Gasteiger partial charge in [-0.3, -0.25) is 4.79 Å². The number of para-hydroxylation sites is 1. The molecule has 0 spiro atoms. The predicted molar refractivity (Wildman–Crippen MR) is 94.2 cm³/mol. The molecule has 3 heteroatoms. The maximum atomic E-state index is 11.7. The number of aromatic nitrogens is 2. The number of hydrogen-bond acceptors (Lipinski definition) is 1. The van der Waals surface area contributed by atoms with E-state index in [9.17, 15) is 4.79 Å². The van der Waals surface area contributed by atoms with Gasteiger partial charge in [-0.1, -0.05) is 36.8 Å². The van der Waals surface area contributed by atoms with Crippen molar-refractivity contribution in [2.45, 2.75) is 19.8 Å². The fourth-order valence-corrected chi connectivity index (χ4v) is 3.42. The van der Waals surface area contributed by atoms with Gasteiger partial charge in [-0.05, 0) is 30.7 Å². The lowest BCUT2D eigenvalue weighted by molar-refractivity contribution is 0.112. The van der Waals surface area contributed by atoms with Gasteiger partial charge in [0.25, 0.3) is 0 Å². The number of carbonyl (C=O) groups excluding carboxylic acids is 1. The van der Waals surface area contributed by atoms with Crippen molar-refractivity contribution in [3.05, 3.63) is 71.0 Å². The summed E-state index contributed by atoms with van der Waals surface area (Å²) in [5.41, 5.74) is 6.23. The SMILES string of the molecule is Cc1ccc2[nH]c(C(C)c3c[nH]c4ccccc34)c(C=O)c2c1. The summed E-state index contributed by atoms with van der Waals surface area (Å²) in [6.45, 7) is 4.18. The van der Waals surface area contributed by atoms with E-state index in [2.05, 4.69) is 41.2 Å². The molecule has 0 saturated carbocycles. The monoisotopic (exact) mass is 302 g/mol. The third-order valence-corrected chi connectivity index (χ3v) is 4.66. The van der Waals surface area contributed by atoms with Crippen LogP contribution in [0.15, 0.2) is 48.7 Å². The molecule has 1 unspecified atom stereocenters. The van der Waals surface area contributed by atoms with Gasteiger partial charge in [-0.2, -0.15) is 0 Å². The van der Waals surface area contributed by atoms with Gasteiger partial charge < -0.3 is 9.97 Å². The van der Waals surface area contributed by atoms with Crippen LogP contribution in [-0.2, 0) is 0 Å². The number of rotatable bonds is 3. The normalized spacial score (nSPS) is 12.8. The van der Waals surface area contributed by atoms with Crippen LogP contribution in [0.2, 0.25) is 0 Å². The Morgan fingerprint density at radius 1 is 1.04 bits per heavy atom. The van der Waals surface area contributed by atoms with Crippen LogP contribution < -0.4 is 0 Å². The molecule has 4 rings (SSSR count). The van der Waals surface area contributed by atoms with Crippen LogP contribution in [-0.4, -0.2) is 16.3 Å². The van der Waals surface area contributed by atoms with Crippen LogP contribution in [0.25, 0.3) is 21.8 Å². The number of fused-ring (bicyclic) bond motifs is 2. The van der Waals surface area contributed by atoms with Gasteiger partial charge in [0, 0.05) is 45.2 Å². The predicted octanol–water partition coefficient (Wildman–Crippen LogP) is 4.92. The molecular weight excluding hydrogens is 284 g/mol. The van der Waals surface area contributed by atoms with Crippen LogP contribution in [0, 0.1) is 6.92 Å². The van der Waals surface area contributed by atoms with Crippen molar-refractivity contribution in [2.24, 2.45) is 0 Å². The minimum absolute atomic E-state index is 0.110. The first-order valence-corrected chi connectivity index (χ1v) is 7.82. The van der Waals surface area contributed by atoms with Crippen LogP contribution in [0.4, 0.5) is 0 Å². The van der Waals surface area contributed by atoms with Crippen LogP contribution in [0.1, 0.15) is 40.0 Å². The third-order valence-electron chi connectivity index (χ3n) is 4.66. The molecule has 2 N–H and O–H groups in total. The van der Waals surface area contributed by atoms with E-state index >= 15 is 0 Å². The van der Waals surface area contributed by atoms with Crippen molar-refractivity contribution in [3.8, 4) is 0 Å². The number of H-pyrrole nitrogens is 2. The molecule has 0 bridgehead atoms. The summed E-state index contributed by atoms with van der Waals surface area (Å²) in [5, 5.41) is 2.20. The second-order valence-electron chi connectivity index (χ2n) is 6.13. The summed E-state index contributed by atoms with van der Waals surface area (Å²) in [5.74, 6) is 0.110. The minimum Gasteiger partial charge on any atom is -0.361 e. The fourth-order valence-electron chi connectivity index (χ4n) is 3.42. The molecule has 114 valence electrons. The van der Waals surface area contributed by atoms with Crippen molar-refractivity contribution in [1.29, 1.82) is 0 Å². The molecule has 23 heavy (non-hydrogen) atoms. The first kappa shape index (κ1) is 13.8. The largest absolute Gasteiger partial charge is 0.361 e. The fraction of sp³-hybridized carbons (Fsp3) is 0.150. The van der Waals surface area contributed by atoms with E-state index in [1.807, 2.05) is 31.3 Å². The first-order valence-electron chi connectivity index (χ1n) is 7.82. The summed E-state index contributed by atoms with van der Waals surface area (Å²) < 4.78 is 0. The van der Waals surface area contributed by atoms with Crippen molar-refractivity contribution in [3.63, 3.8) is 0 Å². The van der Waals surface area contributed by atoms with Gasteiger partial charge in [0.1, 0.15) is 0 Å². The Morgan fingerprint density at radius 3 is 2.70 bits per heavy atom. The molecule has 1 atom stereocenters. The number of aldehydes is 1. The van der Waals surface area contributed by atoms with Crippen LogP contribution in [0.3, 0.4) is 0 Å². The van der Waals surface area contributed by atoms with Gasteiger partial charge in [0.05, 0.1) is 0 Å². The van der Waals surface area contributed by atoms with Gasteiger partial charge in [-0.25, -0.2) is 0 Å². The van der Waals surface area contributed by atoms with Crippen molar-refractivity contribution >= 4 is 28.1 Å². The first-order chi connectivity index (χ1) is 11.2. The summed E-state index contributed by atoms with van der Waals surface area (Å²) >= 11 is 0. The maximum absolute atomic E-state index is 11.7. The molecule has 4 aromatic rings. The highest BCUT2D eigenvalue weighted by Crippen LogP contribution is 2.34. The summed E-state index contributed by atoms with van der Waals surface area (Å²) in [7, 11) is 0. The van der Waals surface area contributed by atoms with Gasteiger partial charge in [-0.15, -0.1) is 0 Å².